The zero-order chi connectivity index (χ0) is 15.2. The van der Waals surface area contributed by atoms with Crippen LogP contribution in [-0.4, -0.2) is 31.6 Å². The molecule has 1 aliphatic rings. The SMILES string of the molecule is CNC(CCN1CCCC(C)CC1)c1ccc(C)c(F)c1. The normalized spacial score (nSPS) is 22.0. The van der Waals surface area contributed by atoms with Crippen LogP contribution >= 0.6 is 0 Å². The monoisotopic (exact) mass is 292 g/mol. The second-order valence-electron chi connectivity index (χ2n) is 6.52. The Kier molecular flexibility index (Phi) is 6.19. The fourth-order valence-electron chi connectivity index (χ4n) is 3.16. The highest BCUT2D eigenvalue weighted by Crippen LogP contribution is 2.21. The molecular weight excluding hydrogens is 263 g/mol. The number of likely N-dealkylation sites (tertiary alicyclic amines) is 1. The lowest BCUT2D eigenvalue weighted by atomic mass is 10.0. The molecule has 1 saturated heterocycles. The molecule has 1 N–H and O–H groups in total. The summed E-state index contributed by atoms with van der Waals surface area (Å²) in [4.78, 5) is 2.57. The minimum Gasteiger partial charge on any atom is -0.313 e. The predicted molar refractivity (Wildman–Crippen MR) is 87.0 cm³/mol. The van der Waals surface area contributed by atoms with Gasteiger partial charge in [-0.2, -0.15) is 0 Å². The number of halogens is 1. The molecule has 3 heteroatoms. The fourth-order valence-corrected chi connectivity index (χ4v) is 3.16. The average molecular weight is 292 g/mol. The van der Waals surface area contributed by atoms with Crippen LogP contribution in [0.4, 0.5) is 4.39 Å². The molecule has 2 rings (SSSR count). The van der Waals surface area contributed by atoms with Gasteiger partial charge >= 0.3 is 0 Å². The van der Waals surface area contributed by atoms with Crippen molar-refractivity contribution < 1.29 is 4.39 Å². The summed E-state index contributed by atoms with van der Waals surface area (Å²) in [6, 6.07) is 5.84. The molecule has 118 valence electrons. The van der Waals surface area contributed by atoms with Gasteiger partial charge in [0.2, 0.25) is 0 Å². The molecule has 1 aliphatic heterocycles. The molecule has 2 nitrogen and oxygen atoms in total. The van der Waals surface area contributed by atoms with Gasteiger partial charge in [-0.05, 0) is 82.4 Å². The van der Waals surface area contributed by atoms with Gasteiger partial charge < -0.3 is 10.2 Å². The van der Waals surface area contributed by atoms with E-state index in [0.717, 1.165) is 30.0 Å². The smallest absolute Gasteiger partial charge is 0.126 e. The lowest BCUT2D eigenvalue weighted by Gasteiger charge is -2.24. The molecule has 0 spiro atoms. The van der Waals surface area contributed by atoms with Gasteiger partial charge in [-0.1, -0.05) is 19.1 Å². The average Bonchev–Trinajstić information content (AvgIpc) is 2.68. The highest BCUT2D eigenvalue weighted by Gasteiger charge is 2.16. The topological polar surface area (TPSA) is 15.3 Å². The summed E-state index contributed by atoms with van der Waals surface area (Å²) in [5, 5.41) is 3.34. The summed E-state index contributed by atoms with van der Waals surface area (Å²) in [6.45, 7) is 7.68. The Labute approximate surface area is 128 Å². The minimum atomic E-state index is -0.101. The zero-order valence-electron chi connectivity index (χ0n) is 13.7. The lowest BCUT2D eigenvalue weighted by molar-refractivity contribution is 0.265. The van der Waals surface area contributed by atoms with Gasteiger partial charge in [-0.15, -0.1) is 0 Å². The first-order valence-corrected chi connectivity index (χ1v) is 8.26. The molecule has 1 aromatic rings. The van der Waals surface area contributed by atoms with Crippen LogP contribution in [0.5, 0.6) is 0 Å². The molecule has 0 bridgehead atoms. The van der Waals surface area contributed by atoms with Crippen LogP contribution < -0.4 is 5.32 Å². The molecule has 2 atom stereocenters. The van der Waals surface area contributed by atoms with E-state index >= 15 is 0 Å². The van der Waals surface area contributed by atoms with E-state index in [9.17, 15) is 4.39 Å². The molecule has 1 aromatic carbocycles. The largest absolute Gasteiger partial charge is 0.313 e. The van der Waals surface area contributed by atoms with Gasteiger partial charge in [0.05, 0.1) is 0 Å². The van der Waals surface area contributed by atoms with Gasteiger partial charge in [-0.25, -0.2) is 4.39 Å². The molecule has 2 unspecified atom stereocenters. The molecule has 0 aromatic heterocycles. The van der Waals surface area contributed by atoms with E-state index in [1.165, 1.54) is 32.4 Å². The second kappa shape index (κ2) is 7.90. The highest BCUT2D eigenvalue weighted by atomic mass is 19.1. The molecule has 0 amide bonds. The molecule has 21 heavy (non-hydrogen) atoms. The van der Waals surface area contributed by atoms with E-state index in [2.05, 4.69) is 17.1 Å². The van der Waals surface area contributed by atoms with Crippen LogP contribution in [0.1, 0.15) is 49.8 Å². The predicted octanol–water partition coefficient (Wildman–Crippen LogP) is 3.91. The Hall–Kier alpha value is -0.930. The lowest BCUT2D eigenvalue weighted by Crippen LogP contribution is -2.29. The van der Waals surface area contributed by atoms with Crippen molar-refractivity contribution in [1.29, 1.82) is 0 Å². The Morgan fingerprint density at radius 3 is 2.86 bits per heavy atom. The first-order chi connectivity index (χ1) is 10.1. The maximum Gasteiger partial charge on any atom is 0.126 e. The standard InChI is InChI=1S/C18H29FN2/c1-14-5-4-10-21(11-8-14)12-9-18(20-3)16-7-6-15(2)17(19)13-16/h6-7,13-14,18,20H,4-5,8-12H2,1-3H3. The number of benzene rings is 1. The van der Waals surface area contributed by atoms with Gasteiger partial charge in [-0.3, -0.25) is 0 Å². The van der Waals surface area contributed by atoms with Crippen LogP contribution in [0, 0.1) is 18.7 Å². The van der Waals surface area contributed by atoms with Crippen LogP contribution in [0.25, 0.3) is 0 Å². The van der Waals surface area contributed by atoms with E-state index in [1.54, 1.807) is 6.07 Å². The number of nitrogens with zero attached hydrogens (tertiary/aromatic N) is 1. The molecule has 0 saturated carbocycles. The van der Waals surface area contributed by atoms with Crippen molar-refractivity contribution in [2.24, 2.45) is 5.92 Å². The first-order valence-electron chi connectivity index (χ1n) is 8.26. The van der Waals surface area contributed by atoms with Crippen LogP contribution in [-0.2, 0) is 0 Å². The van der Waals surface area contributed by atoms with E-state index in [0.29, 0.717) is 0 Å². The summed E-state index contributed by atoms with van der Waals surface area (Å²) in [7, 11) is 1.97. The van der Waals surface area contributed by atoms with Gasteiger partial charge in [0.25, 0.3) is 0 Å². The van der Waals surface area contributed by atoms with Crippen molar-refractivity contribution in [3.63, 3.8) is 0 Å². The van der Waals surface area contributed by atoms with Crippen molar-refractivity contribution in [2.45, 2.75) is 45.6 Å². The third-order valence-corrected chi connectivity index (χ3v) is 4.79. The number of hydrogen-bond acceptors (Lipinski definition) is 2. The Morgan fingerprint density at radius 1 is 1.33 bits per heavy atom. The molecule has 1 fully saturated rings. The minimum absolute atomic E-state index is 0.101. The van der Waals surface area contributed by atoms with E-state index < -0.39 is 0 Å². The Morgan fingerprint density at radius 2 is 2.14 bits per heavy atom. The Balaban J connectivity index is 1.91. The fraction of sp³-hybridized carbons (Fsp3) is 0.667. The number of nitrogens with one attached hydrogen (secondary N) is 1. The van der Waals surface area contributed by atoms with Crippen molar-refractivity contribution in [1.82, 2.24) is 10.2 Å². The maximum atomic E-state index is 13.7. The second-order valence-corrected chi connectivity index (χ2v) is 6.52. The summed E-state index contributed by atoms with van der Waals surface area (Å²) in [6.07, 6.45) is 5.01. The highest BCUT2D eigenvalue weighted by molar-refractivity contribution is 5.25. The number of rotatable bonds is 5. The van der Waals surface area contributed by atoms with Crippen LogP contribution in [0.15, 0.2) is 18.2 Å². The molecular formula is C18H29FN2. The van der Waals surface area contributed by atoms with Crippen LogP contribution in [0.3, 0.4) is 0 Å². The molecule has 0 radical (unpaired) electrons. The zero-order valence-corrected chi connectivity index (χ0v) is 13.7. The summed E-state index contributed by atoms with van der Waals surface area (Å²) < 4.78 is 13.7. The van der Waals surface area contributed by atoms with Gasteiger partial charge in [0, 0.05) is 6.04 Å². The third kappa shape index (κ3) is 4.79. The summed E-state index contributed by atoms with van der Waals surface area (Å²) in [5.41, 5.74) is 1.78. The third-order valence-electron chi connectivity index (χ3n) is 4.79. The summed E-state index contributed by atoms with van der Waals surface area (Å²) >= 11 is 0. The summed E-state index contributed by atoms with van der Waals surface area (Å²) in [5.74, 6) is 0.762. The quantitative estimate of drug-likeness (QED) is 0.885. The van der Waals surface area contributed by atoms with Crippen LogP contribution in [0.2, 0.25) is 0 Å². The van der Waals surface area contributed by atoms with E-state index in [1.807, 2.05) is 26.1 Å². The first kappa shape index (κ1) is 16.4. The van der Waals surface area contributed by atoms with Crippen molar-refractivity contribution >= 4 is 0 Å². The van der Waals surface area contributed by atoms with Crippen molar-refractivity contribution in [2.75, 3.05) is 26.7 Å². The number of hydrogen-bond donors (Lipinski definition) is 1. The van der Waals surface area contributed by atoms with E-state index in [4.69, 9.17) is 0 Å². The van der Waals surface area contributed by atoms with E-state index in [-0.39, 0.29) is 11.9 Å². The van der Waals surface area contributed by atoms with Gasteiger partial charge in [0.1, 0.15) is 5.82 Å². The van der Waals surface area contributed by atoms with Crippen molar-refractivity contribution in [3.05, 3.63) is 35.1 Å². The molecule has 0 aliphatic carbocycles. The van der Waals surface area contributed by atoms with Crippen molar-refractivity contribution in [3.8, 4) is 0 Å². The maximum absolute atomic E-state index is 13.7. The molecule has 1 heterocycles. The Bertz CT molecular complexity index is 447. The van der Waals surface area contributed by atoms with Gasteiger partial charge in [0.15, 0.2) is 0 Å². The number of aryl methyl sites for hydroxylation is 1.